The van der Waals surface area contributed by atoms with Crippen LogP contribution in [0.1, 0.15) is 23.4 Å². The van der Waals surface area contributed by atoms with Gasteiger partial charge in [-0.1, -0.05) is 6.07 Å². The Morgan fingerprint density at radius 1 is 1.08 bits per heavy atom. The molecule has 0 saturated carbocycles. The largest absolute Gasteiger partial charge is 0.508 e. The number of amides is 1. The summed E-state index contributed by atoms with van der Waals surface area (Å²) in [5.74, 6) is -2.05. The summed E-state index contributed by atoms with van der Waals surface area (Å²) in [6.07, 6.45) is 0.301. The van der Waals surface area contributed by atoms with E-state index >= 15 is 0 Å². The van der Waals surface area contributed by atoms with E-state index < -0.39 is 29.1 Å². The van der Waals surface area contributed by atoms with E-state index in [1.807, 2.05) is 0 Å². The van der Waals surface area contributed by atoms with Crippen LogP contribution >= 0.6 is 0 Å². The molecule has 1 atom stereocenters. The van der Waals surface area contributed by atoms with Gasteiger partial charge in [0.15, 0.2) is 17.5 Å². The van der Waals surface area contributed by atoms with E-state index in [4.69, 9.17) is 25.4 Å². The fraction of sp³-hybridized carbons (Fsp3) is 0.250. The summed E-state index contributed by atoms with van der Waals surface area (Å²) < 4.78 is 16.9. The molecule has 0 bridgehead atoms. The van der Waals surface area contributed by atoms with Gasteiger partial charge in [0.05, 0.1) is 10.9 Å². The molecule has 2 aromatic carbocycles. The van der Waals surface area contributed by atoms with Crippen LogP contribution < -0.4 is 31.7 Å². The van der Waals surface area contributed by atoms with E-state index in [1.165, 1.54) is 18.2 Å². The highest BCUT2D eigenvalue weighted by Gasteiger charge is 2.27. The summed E-state index contributed by atoms with van der Waals surface area (Å²) in [6.45, 7) is 0.867. The highest BCUT2D eigenvalue weighted by molar-refractivity contribution is 6.02. The molecule has 188 valence electrons. The first-order valence-electron chi connectivity index (χ1n) is 11.0. The molecule has 12 heteroatoms. The molecular formula is C24H24N4O8. The smallest absolute Gasteiger partial charge is 0.326 e. The summed E-state index contributed by atoms with van der Waals surface area (Å²) in [4.78, 5) is 42.3. The lowest BCUT2D eigenvalue weighted by atomic mass is 10.0. The first kappa shape index (κ1) is 24.4. The number of fused-ring (bicyclic) bond motifs is 2. The lowest BCUT2D eigenvalue weighted by molar-refractivity contribution is -0.139. The maximum atomic E-state index is 13.5. The van der Waals surface area contributed by atoms with Crippen LogP contribution in [0.25, 0.3) is 22.1 Å². The second-order valence-electron chi connectivity index (χ2n) is 7.99. The molecule has 1 amide bonds. The Hall–Kier alpha value is -4.74. The average Bonchev–Trinajstić information content (AvgIpc) is 2.84. The molecule has 1 unspecified atom stereocenters. The standard InChI is InChI=1S/C24H24N4O8/c25-24(26)27-7-1-2-15(23(32)33)28-22(31)21-19(12-3-6-16-18(10-12)35-9-8-34-16)20(30)14-5-4-13(29)11-17(14)36-21/h3-6,10-11,15,29H,1-2,7-9H2,(H,28,31)(H,32,33)(H4,25,26,27). The van der Waals surface area contributed by atoms with Crippen LogP contribution in [-0.4, -0.2) is 53.8 Å². The van der Waals surface area contributed by atoms with Crippen molar-refractivity contribution in [3.8, 4) is 28.4 Å². The number of nitrogens with zero attached hydrogens (tertiary/aromatic N) is 1. The number of aliphatic imine (C=N–C) groups is 1. The zero-order valence-electron chi connectivity index (χ0n) is 19.0. The van der Waals surface area contributed by atoms with Gasteiger partial charge in [0.25, 0.3) is 5.91 Å². The quantitative estimate of drug-likeness (QED) is 0.171. The van der Waals surface area contributed by atoms with Crippen LogP contribution in [0.3, 0.4) is 0 Å². The predicted octanol–water partition coefficient (Wildman–Crippen LogP) is 1.17. The first-order valence-corrected chi connectivity index (χ1v) is 11.0. The fourth-order valence-electron chi connectivity index (χ4n) is 3.79. The van der Waals surface area contributed by atoms with Crippen molar-refractivity contribution in [3.63, 3.8) is 0 Å². The van der Waals surface area contributed by atoms with Crippen molar-refractivity contribution in [2.45, 2.75) is 18.9 Å². The van der Waals surface area contributed by atoms with Crippen molar-refractivity contribution in [2.24, 2.45) is 16.5 Å². The second kappa shape index (κ2) is 10.3. The van der Waals surface area contributed by atoms with Gasteiger partial charge in [0.1, 0.15) is 30.6 Å². The van der Waals surface area contributed by atoms with Crippen LogP contribution in [0.2, 0.25) is 0 Å². The topological polar surface area (TPSA) is 200 Å². The van der Waals surface area contributed by atoms with Gasteiger partial charge in [-0.05, 0) is 42.7 Å². The molecule has 1 aromatic heterocycles. The van der Waals surface area contributed by atoms with E-state index in [0.29, 0.717) is 30.3 Å². The minimum Gasteiger partial charge on any atom is -0.508 e. The highest BCUT2D eigenvalue weighted by Crippen LogP contribution is 2.35. The Morgan fingerprint density at radius 3 is 2.56 bits per heavy atom. The Kier molecular flexibility index (Phi) is 6.95. The van der Waals surface area contributed by atoms with Crippen molar-refractivity contribution in [1.29, 1.82) is 0 Å². The van der Waals surface area contributed by atoms with Crippen LogP contribution in [-0.2, 0) is 4.79 Å². The minimum atomic E-state index is -1.30. The van der Waals surface area contributed by atoms with Crippen molar-refractivity contribution >= 4 is 28.8 Å². The summed E-state index contributed by atoms with van der Waals surface area (Å²) in [6, 6.07) is 7.33. The molecule has 0 fully saturated rings. The SMILES string of the molecule is NC(N)=NCCCC(NC(=O)c1oc2cc(O)ccc2c(=O)c1-c1ccc2c(c1)OCCO2)C(=O)O. The van der Waals surface area contributed by atoms with Gasteiger partial charge in [-0.3, -0.25) is 14.6 Å². The molecule has 0 saturated heterocycles. The first-order chi connectivity index (χ1) is 17.2. The molecule has 12 nitrogen and oxygen atoms in total. The molecule has 0 aliphatic carbocycles. The van der Waals surface area contributed by atoms with Crippen molar-refractivity contribution in [1.82, 2.24) is 5.32 Å². The monoisotopic (exact) mass is 496 g/mol. The number of aliphatic carboxylic acids is 1. The molecule has 0 spiro atoms. The Balaban J connectivity index is 1.76. The Labute approximate surface area is 204 Å². The lowest BCUT2D eigenvalue weighted by Crippen LogP contribution is -2.41. The number of carboxylic acids is 1. The molecule has 1 aliphatic rings. The van der Waals surface area contributed by atoms with Gasteiger partial charge in [0, 0.05) is 12.6 Å². The van der Waals surface area contributed by atoms with Crippen LogP contribution in [0.5, 0.6) is 17.2 Å². The second-order valence-corrected chi connectivity index (χ2v) is 7.99. The number of hydrogen-bond donors (Lipinski definition) is 5. The van der Waals surface area contributed by atoms with E-state index in [2.05, 4.69) is 10.3 Å². The predicted molar refractivity (Wildman–Crippen MR) is 129 cm³/mol. The Morgan fingerprint density at radius 2 is 1.83 bits per heavy atom. The number of phenolic OH excluding ortho intramolecular Hbond substituents is 1. The number of nitrogens with two attached hydrogens (primary N) is 2. The normalized spacial score (nSPS) is 13.1. The number of guanidine groups is 1. The number of carbonyl (C=O) groups is 2. The van der Waals surface area contributed by atoms with Gasteiger partial charge >= 0.3 is 5.97 Å². The average molecular weight is 496 g/mol. The van der Waals surface area contributed by atoms with Gasteiger partial charge in [-0.15, -0.1) is 0 Å². The molecule has 0 radical (unpaired) electrons. The number of phenols is 1. The minimum absolute atomic E-state index is 0.0236. The van der Waals surface area contributed by atoms with Gasteiger partial charge in [-0.2, -0.15) is 0 Å². The van der Waals surface area contributed by atoms with Crippen LogP contribution in [0, 0.1) is 0 Å². The number of rotatable bonds is 8. The molecule has 36 heavy (non-hydrogen) atoms. The molecular weight excluding hydrogens is 472 g/mol. The Bertz CT molecular complexity index is 1410. The van der Waals surface area contributed by atoms with Gasteiger partial charge in [-0.25, -0.2) is 4.79 Å². The van der Waals surface area contributed by atoms with E-state index in [1.54, 1.807) is 18.2 Å². The third-order valence-corrected chi connectivity index (χ3v) is 5.46. The number of ether oxygens (including phenoxy) is 2. The lowest BCUT2D eigenvalue weighted by Gasteiger charge is -2.19. The van der Waals surface area contributed by atoms with E-state index in [-0.39, 0.29) is 47.6 Å². The van der Waals surface area contributed by atoms with Crippen LogP contribution in [0.4, 0.5) is 0 Å². The zero-order valence-corrected chi connectivity index (χ0v) is 19.0. The molecule has 7 N–H and O–H groups in total. The number of nitrogens with one attached hydrogen (secondary N) is 1. The highest BCUT2D eigenvalue weighted by atomic mass is 16.6. The molecule has 3 aromatic rings. The fourth-order valence-corrected chi connectivity index (χ4v) is 3.79. The molecule has 1 aliphatic heterocycles. The molecule has 2 heterocycles. The molecule has 4 rings (SSSR count). The van der Waals surface area contributed by atoms with E-state index in [0.717, 1.165) is 0 Å². The number of hydrogen-bond acceptors (Lipinski definition) is 8. The maximum Gasteiger partial charge on any atom is 0.326 e. The summed E-state index contributed by atoms with van der Waals surface area (Å²) >= 11 is 0. The number of aromatic hydroxyl groups is 1. The third kappa shape index (κ3) is 5.17. The van der Waals surface area contributed by atoms with Crippen molar-refractivity contribution < 1.29 is 33.7 Å². The third-order valence-electron chi connectivity index (χ3n) is 5.46. The van der Waals surface area contributed by atoms with Gasteiger partial charge < -0.3 is 40.9 Å². The van der Waals surface area contributed by atoms with E-state index in [9.17, 15) is 24.6 Å². The summed E-state index contributed by atoms with van der Waals surface area (Å²) in [5.41, 5.74) is 10.2. The van der Waals surface area contributed by atoms with Crippen molar-refractivity contribution in [2.75, 3.05) is 19.8 Å². The summed E-state index contributed by atoms with van der Waals surface area (Å²) in [5, 5.41) is 22.0. The van der Waals surface area contributed by atoms with Crippen molar-refractivity contribution in [3.05, 3.63) is 52.4 Å². The summed E-state index contributed by atoms with van der Waals surface area (Å²) in [7, 11) is 0. The van der Waals surface area contributed by atoms with Gasteiger partial charge in [0.2, 0.25) is 11.2 Å². The number of carboxylic acid groups (broad SMARTS) is 1. The maximum absolute atomic E-state index is 13.5. The zero-order chi connectivity index (χ0) is 25.8. The number of carbonyl (C=O) groups excluding carboxylic acids is 1. The van der Waals surface area contributed by atoms with Crippen LogP contribution in [0.15, 0.2) is 50.6 Å². The number of benzene rings is 2.